The average Bonchev–Trinajstić information content (AvgIpc) is 1.84. The van der Waals surface area contributed by atoms with Gasteiger partial charge in [-0.25, -0.2) is 19.9 Å². The van der Waals surface area contributed by atoms with Gasteiger partial charge >= 0.3 is 0 Å². The molecule has 4 atom stereocenters. The zero-order valence-corrected chi connectivity index (χ0v) is 52.8. The van der Waals surface area contributed by atoms with Crippen molar-refractivity contribution in [2.24, 2.45) is 21.8 Å². The van der Waals surface area contributed by atoms with E-state index in [1.165, 1.54) is 24.9 Å². The first-order valence-corrected chi connectivity index (χ1v) is 31.4. The number of piperazine rings is 1. The normalized spacial score (nSPS) is 16.7. The van der Waals surface area contributed by atoms with Crippen molar-refractivity contribution in [3.05, 3.63) is 114 Å². The molecule has 93 heavy (non-hydrogen) atoms. The van der Waals surface area contributed by atoms with Crippen LogP contribution in [0, 0.1) is 17.2 Å². The van der Waals surface area contributed by atoms with Gasteiger partial charge in [0.25, 0.3) is 11.9 Å². The number of aliphatic imine (C=N–C) groups is 2. The number of rotatable bonds is 42. The number of aromatic nitrogens is 5. The van der Waals surface area contributed by atoms with Crippen molar-refractivity contribution in [1.29, 1.82) is 5.41 Å². The van der Waals surface area contributed by atoms with Crippen LogP contribution in [0.15, 0.2) is 111 Å². The molecular formula is C65H90N16O12. The number of nitrogens with one attached hydrogen (secondary N) is 4. The molecule has 12 N–H and O–H groups in total. The second-order valence-corrected chi connectivity index (χ2v) is 22.5. The van der Waals surface area contributed by atoms with Gasteiger partial charge in [-0.3, -0.25) is 39.5 Å². The van der Waals surface area contributed by atoms with Gasteiger partial charge in [0.1, 0.15) is 35.5 Å². The highest BCUT2D eigenvalue weighted by atomic mass is 16.5. The molecule has 502 valence electrons. The summed E-state index contributed by atoms with van der Waals surface area (Å²) in [5, 5.41) is 58.1. The number of nitrogens with zero attached hydrogens (tertiary/aromatic N) is 10. The molecular weight excluding hydrogens is 1200 g/mol. The number of anilines is 4. The first-order valence-electron chi connectivity index (χ1n) is 31.4. The third-order valence-electron chi connectivity index (χ3n) is 15.5. The van der Waals surface area contributed by atoms with Gasteiger partial charge in [0.15, 0.2) is 5.58 Å². The van der Waals surface area contributed by atoms with E-state index in [1.807, 2.05) is 22.0 Å². The predicted octanol–water partition coefficient (Wildman–Crippen LogP) is 3.89. The molecule has 1 saturated heterocycles. The molecule has 3 aromatic heterocycles. The molecule has 28 nitrogen and oxygen atoms in total. The van der Waals surface area contributed by atoms with Crippen molar-refractivity contribution in [2.45, 2.75) is 95.6 Å². The second kappa shape index (κ2) is 40.3. The number of ether oxygens (including phenoxy) is 2. The van der Waals surface area contributed by atoms with Gasteiger partial charge in [0.2, 0.25) is 17.8 Å². The van der Waals surface area contributed by atoms with Crippen LogP contribution in [0.25, 0.3) is 11.1 Å². The zero-order chi connectivity index (χ0) is 66.7. The molecule has 1 aromatic carbocycles. The molecule has 0 saturated carbocycles. The highest BCUT2D eigenvalue weighted by Crippen LogP contribution is 2.27. The summed E-state index contributed by atoms with van der Waals surface area (Å²) >= 11 is 0. The van der Waals surface area contributed by atoms with E-state index in [1.54, 1.807) is 47.7 Å². The summed E-state index contributed by atoms with van der Waals surface area (Å²) in [6.45, 7) is 11.7. The number of nitrogens with two attached hydrogens (primary N) is 2. The lowest BCUT2D eigenvalue weighted by Crippen LogP contribution is -2.55. The number of fused-ring (bicyclic) bond motifs is 1. The Morgan fingerprint density at radius 1 is 0.925 bits per heavy atom. The molecule has 0 spiro atoms. The minimum absolute atomic E-state index is 0.00964. The molecule has 5 heterocycles. The number of aldehydes is 1. The number of allylic oxidation sites excluding steroid dienone is 2. The summed E-state index contributed by atoms with van der Waals surface area (Å²) in [4.78, 5) is 98.0. The molecule has 3 unspecified atom stereocenters. The van der Waals surface area contributed by atoms with Crippen molar-refractivity contribution in [2.75, 3.05) is 120 Å². The lowest BCUT2D eigenvalue weighted by Gasteiger charge is -2.39. The number of aliphatic hydroxyl groups excluding tert-OH is 4. The number of benzene rings is 1. The quantitative estimate of drug-likeness (QED) is 0.0130. The van der Waals surface area contributed by atoms with Crippen molar-refractivity contribution in [1.82, 2.24) is 45.4 Å². The van der Waals surface area contributed by atoms with Gasteiger partial charge in [-0.15, -0.1) is 0 Å². The van der Waals surface area contributed by atoms with E-state index in [0.29, 0.717) is 163 Å². The van der Waals surface area contributed by atoms with E-state index < -0.39 is 18.6 Å². The Bertz CT molecular complexity index is 3260. The Morgan fingerprint density at radius 2 is 1.72 bits per heavy atom. The first-order chi connectivity index (χ1) is 45.1. The third kappa shape index (κ3) is 25.0. The lowest BCUT2D eigenvalue weighted by molar-refractivity contribution is -0.129. The summed E-state index contributed by atoms with van der Waals surface area (Å²) in [5.41, 5.74) is 16.5. The van der Waals surface area contributed by atoms with E-state index >= 15 is 0 Å². The molecule has 0 bridgehead atoms. The van der Waals surface area contributed by atoms with E-state index in [4.69, 9.17) is 30.8 Å². The smallest absolute Gasteiger partial charge is 0.292 e. The minimum Gasteiger partial charge on any atom is -0.424 e. The SMILES string of the molecule is C=N/C=C(\C=NCN1CCN(c2ncc(C(=O)NCCOCCCOCCCC(=O)N3/C=C\C(CNc4ncnc(N)c4C(=N)c4ccc5oc(N)nc5c4)=C/C(=C)CC3)cn2)CC1CO)CNC(=O)CC[C@H](CCCO)CCC(O)CC(=O)C(/C=C/CCC=O)CO. The summed E-state index contributed by atoms with van der Waals surface area (Å²) in [6, 6.07) is 4.81. The monoisotopic (exact) mass is 1290 g/mol. The average molecular weight is 1290 g/mol. The van der Waals surface area contributed by atoms with Crippen LogP contribution in [0.4, 0.5) is 23.6 Å². The first kappa shape index (κ1) is 73.3. The topological polar surface area (TPSA) is 409 Å². The fourth-order valence-corrected chi connectivity index (χ4v) is 10.3. The Balaban J connectivity index is 0.811. The molecule has 2 aliphatic rings. The van der Waals surface area contributed by atoms with E-state index in [-0.39, 0.29) is 111 Å². The molecule has 28 heteroatoms. The Hall–Kier alpha value is -8.77. The molecule has 0 aliphatic carbocycles. The number of ketones is 1. The van der Waals surface area contributed by atoms with Gasteiger partial charge in [-0.05, 0) is 100 Å². The number of hydrogen-bond donors (Lipinski definition) is 10. The largest absolute Gasteiger partial charge is 0.424 e. The van der Waals surface area contributed by atoms with E-state index in [9.17, 15) is 44.4 Å². The molecule has 1 fully saturated rings. The highest BCUT2D eigenvalue weighted by Gasteiger charge is 2.28. The number of carbonyl (C=O) groups excluding carboxylic acids is 5. The molecule has 6 rings (SSSR count). The number of aliphatic hydroxyl groups is 4. The van der Waals surface area contributed by atoms with Gasteiger partial charge in [-0.2, -0.15) is 4.98 Å². The van der Waals surface area contributed by atoms with Crippen molar-refractivity contribution < 1.29 is 58.3 Å². The Kier molecular flexibility index (Phi) is 31.7. The molecule has 4 aromatic rings. The van der Waals surface area contributed by atoms with Crippen LogP contribution < -0.4 is 32.3 Å². The Labute approximate surface area is 541 Å². The van der Waals surface area contributed by atoms with Crippen LogP contribution in [-0.2, 0) is 28.7 Å². The number of unbranched alkanes of at least 4 members (excludes halogenated alkanes) is 1. The summed E-state index contributed by atoms with van der Waals surface area (Å²) in [6.07, 6.45) is 21.5. The van der Waals surface area contributed by atoms with Gasteiger partial charge in [-0.1, -0.05) is 30.4 Å². The van der Waals surface area contributed by atoms with E-state index in [0.717, 1.165) is 17.4 Å². The Morgan fingerprint density at radius 3 is 2.48 bits per heavy atom. The number of Topliss-reactive ketones (excluding diaryl/α,β-unsaturated/α-hetero) is 1. The van der Waals surface area contributed by atoms with Crippen LogP contribution >= 0.6 is 0 Å². The summed E-state index contributed by atoms with van der Waals surface area (Å²) in [5.74, 6) is -0.706. The van der Waals surface area contributed by atoms with Crippen LogP contribution in [0.2, 0.25) is 0 Å². The summed E-state index contributed by atoms with van der Waals surface area (Å²) in [7, 11) is 0. The number of oxazole rings is 1. The maximum atomic E-state index is 13.3. The van der Waals surface area contributed by atoms with Crippen molar-refractivity contribution >= 4 is 83.1 Å². The number of amides is 3. The van der Waals surface area contributed by atoms with Crippen LogP contribution in [-0.4, -0.2) is 214 Å². The standard InChI is InChI=1S/C65H90N16O12/c1-45-18-21-79(22-19-47(31-45)36-73-62-59(61(67)76-43-77-62)60(66)49-14-16-56-54(32-49)78-64(68)93-56)58(89)11-7-27-91-28-8-29-92-30-20-71-63(90)51-38-74-65(75-39-51)80-23-24-81(52(40-80)42-85)44-70-35-48(34-69-2)37-72-57(88)17-13-46(9-6-26-83)12-15-53(86)33-55(87)50(41-84)10-4-3-5-25-82/h4,10,14,16,19,22,25,31-32,34-35,38-39,43,46,50,52-53,66,83-86H,1-3,5-9,11-13,15,17-18,20-21,23-24,26-30,33,36-37,40-42,44H2,(H2,68,78)(H,71,90)(H,72,88)(H3,67,73,76,77)/b10-4+,22-19-,47-31+,48-34+,66-60?,70-35?/t46-,50?,52?,53?/m1/s1. The van der Waals surface area contributed by atoms with E-state index in [2.05, 4.69) is 64.2 Å². The predicted molar refractivity (Wildman–Crippen MR) is 355 cm³/mol. The number of nitrogen functional groups attached to an aromatic ring is 2. The maximum Gasteiger partial charge on any atom is 0.292 e. The molecule has 2 aliphatic heterocycles. The van der Waals surface area contributed by atoms with Gasteiger partial charge < -0.3 is 76.3 Å². The second-order valence-electron chi connectivity index (χ2n) is 22.5. The zero-order valence-electron chi connectivity index (χ0n) is 52.8. The summed E-state index contributed by atoms with van der Waals surface area (Å²) < 4.78 is 16.8. The minimum atomic E-state index is -0.922. The van der Waals surface area contributed by atoms with Gasteiger partial charge in [0, 0.05) is 140 Å². The number of hydrogen-bond acceptors (Lipinski definition) is 25. The van der Waals surface area contributed by atoms with Crippen molar-refractivity contribution in [3.8, 4) is 0 Å². The molecule has 0 radical (unpaired) electrons. The van der Waals surface area contributed by atoms with Gasteiger partial charge in [0.05, 0.1) is 61.4 Å². The fraction of sp³-hybridized carbons (Fsp3) is 0.492. The maximum absolute atomic E-state index is 13.3. The molecule has 3 amide bonds. The van der Waals surface area contributed by atoms with Crippen molar-refractivity contribution in [3.63, 3.8) is 0 Å². The van der Waals surface area contributed by atoms with Crippen LogP contribution in [0.3, 0.4) is 0 Å². The van der Waals surface area contributed by atoms with Crippen LogP contribution in [0.1, 0.15) is 105 Å². The third-order valence-corrected chi connectivity index (χ3v) is 15.5. The highest BCUT2D eigenvalue weighted by molar-refractivity contribution is 6.17. The number of carbonyl (C=O) groups is 5. The fourth-order valence-electron chi connectivity index (χ4n) is 10.3. The van der Waals surface area contributed by atoms with Crippen LogP contribution in [0.5, 0.6) is 0 Å². The lowest BCUT2D eigenvalue weighted by atomic mass is 9.89.